The van der Waals surface area contributed by atoms with E-state index in [1.807, 2.05) is 23.1 Å². The highest BCUT2D eigenvalue weighted by Gasteiger charge is 2.35. The van der Waals surface area contributed by atoms with Crippen LogP contribution in [0.25, 0.3) is 0 Å². The van der Waals surface area contributed by atoms with Crippen molar-refractivity contribution in [1.82, 2.24) is 9.80 Å². The third-order valence-corrected chi connectivity index (χ3v) is 6.23. The number of benzene rings is 2. The van der Waals surface area contributed by atoms with Crippen LogP contribution in [-0.2, 0) is 6.54 Å². The Hall–Kier alpha value is -1.85. The van der Waals surface area contributed by atoms with Crippen molar-refractivity contribution in [3.8, 4) is 0 Å². The zero-order valence-electron chi connectivity index (χ0n) is 14.9. The summed E-state index contributed by atoms with van der Waals surface area (Å²) in [5, 5.41) is 1.29. The van der Waals surface area contributed by atoms with Crippen LogP contribution >= 0.6 is 34.8 Å². The van der Waals surface area contributed by atoms with Gasteiger partial charge in [0.05, 0.1) is 0 Å². The molecule has 4 nitrogen and oxygen atoms in total. The molecule has 144 valence electrons. The number of nitrogens with zero attached hydrogens (tertiary/aromatic N) is 2. The Labute approximate surface area is 178 Å². The van der Waals surface area contributed by atoms with Crippen molar-refractivity contribution in [1.29, 1.82) is 0 Å². The monoisotopic (exact) mass is 434 g/mol. The van der Waals surface area contributed by atoms with Crippen molar-refractivity contribution < 1.29 is 9.59 Å². The molecule has 4 rings (SSSR count). The summed E-state index contributed by atoms with van der Waals surface area (Å²) in [6.45, 7) is 3.23. The zero-order chi connectivity index (χ0) is 19.8. The fourth-order valence-electron chi connectivity index (χ4n) is 3.65. The largest absolute Gasteiger partial charge is 0.364 e. The average molecular weight is 436 g/mol. The lowest BCUT2D eigenvalue weighted by molar-refractivity contribution is 0.0907. The maximum absolute atomic E-state index is 12.9. The van der Waals surface area contributed by atoms with E-state index in [2.05, 4.69) is 4.90 Å². The van der Waals surface area contributed by atoms with Crippen LogP contribution < -0.4 is 0 Å². The minimum absolute atomic E-state index is 0.00583. The summed E-state index contributed by atoms with van der Waals surface area (Å²) in [6.07, 6.45) is 0. The summed E-state index contributed by atoms with van der Waals surface area (Å²) in [6, 6.07) is 12.3. The Bertz CT molecular complexity index is 975. The molecular formula is C21H17Cl3N2O2. The van der Waals surface area contributed by atoms with Crippen molar-refractivity contribution in [2.24, 2.45) is 0 Å². The molecule has 0 atom stereocenters. The van der Waals surface area contributed by atoms with E-state index in [-0.39, 0.29) is 16.6 Å². The van der Waals surface area contributed by atoms with Gasteiger partial charge in [0, 0.05) is 59.5 Å². The van der Waals surface area contributed by atoms with E-state index in [1.54, 1.807) is 24.3 Å². The molecule has 0 amide bonds. The molecule has 2 aliphatic rings. The quantitative estimate of drug-likeness (QED) is 0.704. The molecule has 0 bridgehead atoms. The van der Waals surface area contributed by atoms with E-state index in [1.165, 1.54) is 0 Å². The molecule has 0 radical (unpaired) electrons. The van der Waals surface area contributed by atoms with Gasteiger partial charge in [0.2, 0.25) is 11.6 Å². The summed E-state index contributed by atoms with van der Waals surface area (Å²) in [5.74, 6) is -0.486. The predicted octanol–water partition coefficient (Wildman–Crippen LogP) is 4.64. The van der Waals surface area contributed by atoms with E-state index in [4.69, 9.17) is 34.8 Å². The molecule has 2 aromatic carbocycles. The number of halogens is 3. The van der Waals surface area contributed by atoms with E-state index in [0.29, 0.717) is 59.6 Å². The van der Waals surface area contributed by atoms with Crippen LogP contribution in [0.3, 0.4) is 0 Å². The Kier molecular flexibility index (Phi) is 5.48. The normalized spacial score (nSPS) is 17.9. The molecule has 0 N–H and O–H groups in total. The van der Waals surface area contributed by atoms with Crippen LogP contribution in [0.1, 0.15) is 26.3 Å². The van der Waals surface area contributed by atoms with Crippen molar-refractivity contribution >= 4 is 46.4 Å². The molecule has 2 aromatic rings. The van der Waals surface area contributed by atoms with Crippen LogP contribution in [0.4, 0.5) is 0 Å². The molecule has 1 fully saturated rings. The number of allylic oxidation sites excluding steroid dienone is 2. The first-order chi connectivity index (χ1) is 13.5. The maximum Gasteiger partial charge on any atom is 0.211 e. The Morgan fingerprint density at radius 1 is 0.750 bits per heavy atom. The van der Waals surface area contributed by atoms with Crippen LogP contribution in [0.5, 0.6) is 0 Å². The first kappa shape index (κ1) is 19.5. The van der Waals surface area contributed by atoms with Crippen LogP contribution in [-0.4, -0.2) is 47.5 Å². The summed E-state index contributed by atoms with van der Waals surface area (Å²) in [7, 11) is 0. The minimum atomic E-state index is -0.294. The van der Waals surface area contributed by atoms with Gasteiger partial charge in [0.25, 0.3) is 0 Å². The van der Waals surface area contributed by atoms with Crippen LogP contribution in [0.2, 0.25) is 10.0 Å². The second kappa shape index (κ2) is 7.88. The second-order valence-corrected chi connectivity index (χ2v) is 8.02. The van der Waals surface area contributed by atoms with Crippen LogP contribution in [0, 0.1) is 0 Å². The lowest BCUT2D eigenvalue weighted by Gasteiger charge is -2.38. The number of fused-ring (bicyclic) bond motifs is 1. The maximum atomic E-state index is 12.9. The molecule has 7 heteroatoms. The van der Waals surface area contributed by atoms with Crippen molar-refractivity contribution in [3.63, 3.8) is 0 Å². The lowest BCUT2D eigenvalue weighted by atomic mass is 9.91. The Balaban J connectivity index is 1.50. The number of carbonyl (C=O) groups excluding carboxylic acids is 2. The lowest BCUT2D eigenvalue weighted by Crippen LogP contribution is -2.47. The SMILES string of the molecule is O=C1C(Cl)=C(N2CCN(Cc3c(Cl)cccc3Cl)CC2)C(=O)c2ccccc21. The average Bonchev–Trinajstić information content (AvgIpc) is 2.70. The fraction of sp³-hybridized carbons (Fsp3) is 0.238. The van der Waals surface area contributed by atoms with Gasteiger partial charge in [-0.1, -0.05) is 65.1 Å². The van der Waals surface area contributed by atoms with Gasteiger partial charge >= 0.3 is 0 Å². The standard InChI is InChI=1S/C21H17Cl3N2O2/c22-16-6-3-7-17(23)15(16)12-25-8-10-26(11-9-25)19-18(24)20(27)13-4-1-2-5-14(13)21(19)28/h1-7H,8-12H2. The second-order valence-electron chi connectivity index (χ2n) is 6.83. The third kappa shape index (κ3) is 3.46. The first-order valence-electron chi connectivity index (χ1n) is 8.95. The number of hydrogen-bond donors (Lipinski definition) is 0. The van der Waals surface area contributed by atoms with Gasteiger partial charge in [-0.3, -0.25) is 14.5 Å². The van der Waals surface area contributed by atoms with Crippen molar-refractivity contribution in [3.05, 3.63) is 79.9 Å². The number of rotatable bonds is 3. The zero-order valence-corrected chi connectivity index (χ0v) is 17.2. The van der Waals surface area contributed by atoms with Gasteiger partial charge in [-0.25, -0.2) is 0 Å². The van der Waals surface area contributed by atoms with E-state index in [9.17, 15) is 9.59 Å². The molecule has 1 aliphatic carbocycles. The molecular weight excluding hydrogens is 419 g/mol. The van der Waals surface area contributed by atoms with Gasteiger partial charge < -0.3 is 4.90 Å². The third-order valence-electron chi connectivity index (χ3n) is 5.17. The number of hydrogen-bond acceptors (Lipinski definition) is 4. The molecule has 28 heavy (non-hydrogen) atoms. The number of piperazine rings is 1. The summed E-state index contributed by atoms with van der Waals surface area (Å²) < 4.78 is 0. The smallest absolute Gasteiger partial charge is 0.211 e. The van der Waals surface area contributed by atoms with Crippen molar-refractivity contribution in [2.75, 3.05) is 26.2 Å². The highest BCUT2D eigenvalue weighted by atomic mass is 35.5. The number of ketones is 2. The van der Waals surface area contributed by atoms with E-state index >= 15 is 0 Å². The highest BCUT2D eigenvalue weighted by molar-refractivity contribution is 6.49. The topological polar surface area (TPSA) is 40.6 Å². The van der Waals surface area contributed by atoms with Gasteiger partial charge in [0.15, 0.2) is 0 Å². The Morgan fingerprint density at radius 3 is 1.93 bits per heavy atom. The predicted molar refractivity (Wildman–Crippen MR) is 111 cm³/mol. The summed E-state index contributed by atoms with van der Waals surface area (Å²) in [5.41, 5.74) is 1.99. The summed E-state index contributed by atoms with van der Waals surface area (Å²) in [4.78, 5) is 29.7. The van der Waals surface area contributed by atoms with Gasteiger partial charge in [-0.2, -0.15) is 0 Å². The van der Waals surface area contributed by atoms with E-state index < -0.39 is 0 Å². The number of carbonyl (C=O) groups is 2. The Morgan fingerprint density at radius 2 is 1.32 bits per heavy atom. The molecule has 1 heterocycles. The molecule has 0 saturated carbocycles. The fourth-order valence-corrected chi connectivity index (χ4v) is 4.48. The molecule has 0 unspecified atom stereocenters. The molecule has 0 spiro atoms. The molecule has 1 saturated heterocycles. The highest BCUT2D eigenvalue weighted by Crippen LogP contribution is 2.31. The van der Waals surface area contributed by atoms with Gasteiger partial charge in [-0.05, 0) is 12.1 Å². The van der Waals surface area contributed by atoms with Crippen LogP contribution in [0.15, 0.2) is 53.2 Å². The number of Topliss-reactive ketones (excluding diaryl/α,β-unsaturated/α-hetero) is 2. The van der Waals surface area contributed by atoms with Crippen molar-refractivity contribution in [2.45, 2.75) is 6.54 Å². The molecule has 0 aromatic heterocycles. The molecule has 1 aliphatic heterocycles. The first-order valence-corrected chi connectivity index (χ1v) is 10.1. The minimum Gasteiger partial charge on any atom is -0.364 e. The van der Waals surface area contributed by atoms with Gasteiger partial charge in [-0.15, -0.1) is 0 Å². The van der Waals surface area contributed by atoms with E-state index in [0.717, 1.165) is 5.56 Å². The summed E-state index contributed by atoms with van der Waals surface area (Å²) >= 11 is 18.9. The van der Waals surface area contributed by atoms with Gasteiger partial charge in [0.1, 0.15) is 10.7 Å².